The maximum Gasteiger partial charge on any atom is 0.286 e. The van der Waals surface area contributed by atoms with Crippen LogP contribution in [0.3, 0.4) is 0 Å². The van der Waals surface area contributed by atoms with Crippen molar-refractivity contribution in [3.63, 3.8) is 0 Å². The Morgan fingerprint density at radius 3 is 1.88 bits per heavy atom. The first-order chi connectivity index (χ1) is 23.4. The average Bonchev–Trinajstić information content (AvgIpc) is 3.41. The quantitative estimate of drug-likeness (QED) is 0.0877. The highest BCUT2D eigenvalue weighted by atomic mass is 16.5. The molecule has 2 N–H and O–H groups in total. The summed E-state index contributed by atoms with van der Waals surface area (Å²) in [6, 6.07) is 9.19. The molecule has 2 amide bonds. The molecule has 1 aliphatic rings. The van der Waals surface area contributed by atoms with E-state index in [4.69, 9.17) is 4.74 Å². The third-order valence-electron chi connectivity index (χ3n) is 7.86. The van der Waals surface area contributed by atoms with Crippen molar-refractivity contribution in [2.75, 3.05) is 32.7 Å². The van der Waals surface area contributed by atoms with Crippen molar-refractivity contribution < 1.29 is 19.1 Å². The van der Waals surface area contributed by atoms with Gasteiger partial charge in [-0.25, -0.2) is 0 Å². The number of rotatable bonds is 24. The Morgan fingerprint density at radius 2 is 1.31 bits per heavy atom. The molecule has 0 aliphatic carbocycles. The topological polar surface area (TPSA) is 87.7 Å². The molecule has 48 heavy (non-hydrogen) atoms. The summed E-state index contributed by atoms with van der Waals surface area (Å²) in [5, 5.41) is 5.86. The smallest absolute Gasteiger partial charge is 0.286 e. The molecule has 0 radical (unpaired) electrons. The first-order valence-corrected chi connectivity index (χ1v) is 17.6. The van der Waals surface area contributed by atoms with Gasteiger partial charge in [-0.2, -0.15) is 0 Å². The summed E-state index contributed by atoms with van der Waals surface area (Å²) in [7, 11) is 0. The molecule has 260 valence electrons. The Labute approximate surface area is 289 Å². The van der Waals surface area contributed by atoms with E-state index in [1.165, 1.54) is 6.08 Å². The number of nitrogens with zero attached hydrogens (tertiary/aromatic N) is 1. The van der Waals surface area contributed by atoms with Gasteiger partial charge in [-0.05, 0) is 71.4 Å². The largest absolute Gasteiger partial charge is 0.469 e. The molecule has 1 heterocycles. The van der Waals surface area contributed by atoms with E-state index in [0.29, 0.717) is 31.6 Å². The number of likely N-dealkylation sites (N-methyl/N-ethyl adjacent to an activating group) is 1. The fraction of sp³-hybridized carbons (Fsp3) is 0.439. The van der Waals surface area contributed by atoms with Crippen LogP contribution in [0.2, 0.25) is 0 Å². The standard InChI is InChI=1S/C41H57N3O4/c1-4-6-7-8-9-10-11-12-13-14-15-16-17-18-19-20-21-22-26-30-39(46)42-31-27-33-44(5-2)34-32-43-40(47)37-35-38(45)41(3,48-37)36-28-24-23-25-29-36/h6-7,9-10,12-13,15-16,18-19,21-25,28-29,35H,4-5,8,11,14,17,20,26-27,30-34H2,1-3H3,(H,42,46)(H,43,47). The van der Waals surface area contributed by atoms with Gasteiger partial charge in [0.2, 0.25) is 11.7 Å². The molecule has 1 unspecified atom stereocenters. The van der Waals surface area contributed by atoms with Crippen LogP contribution in [0.5, 0.6) is 0 Å². The van der Waals surface area contributed by atoms with Crippen molar-refractivity contribution >= 4 is 17.6 Å². The lowest BCUT2D eigenvalue weighted by Crippen LogP contribution is -2.37. The minimum absolute atomic E-state index is 0.0427. The summed E-state index contributed by atoms with van der Waals surface area (Å²) >= 11 is 0. The number of hydrogen-bond donors (Lipinski definition) is 2. The molecule has 7 heteroatoms. The number of carbonyl (C=O) groups excluding carboxylic acids is 3. The highest BCUT2D eigenvalue weighted by Crippen LogP contribution is 2.34. The number of benzene rings is 1. The van der Waals surface area contributed by atoms with E-state index in [-0.39, 0.29) is 17.4 Å². The third kappa shape index (κ3) is 16.6. The number of allylic oxidation sites excluding steroid dienone is 12. The zero-order chi connectivity index (χ0) is 34.7. The molecular formula is C41H57N3O4. The van der Waals surface area contributed by atoms with Crippen LogP contribution >= 0.6 is 0 Å². The van der Waals surface area contributed by atoms with Crippen LogP contribution in [0.4, 0.5) is 0 Å². The summed E-state index contributed by atoms with van der Waals surface area (Å²) in [5.41, 5.74) is -0.465. The molecule has 0 spiro atoms. The van der Waals surface area contributed by atoms with Crippen molar-refractivity contribution in [1.29, 1.82) is 0 Å². The molecule has 1 aromatic rings. The summed E-state index contributed by atoms with van der Waals surface area (Å²) in [4.78, 5) is 39.7. The maximum atomic E-state index is 12.7. The SMILES string of the molecule is CCC=CCC=CCC=CCC=CCC=CCC=CCCC(=O)NCCCN(CC)CCNC(=O)C1=CC(=O)C(C)(c2ccccc2)O1. The first kappa shape index (κ1) is 39.9. The van der Waals surface area contributed by atoms with E-state index >= 15 is 0 Å². The molecule has 1 aliphatic heterocycles. The minimum atomic E-state index is -1.18. The van der Waals surface area contributed by atoms with Crippen LogP contribution in [0, 0.1) is 0 Å². The molecule has 0 fully saturated rings. The molecule has 0 saturated carbocycles. The van der Waals surface area contributed by atoms with Gasteiger partial charge in [0.05, 0.1) is 0 Å². The van der Waals surface area contributed by atoms with Crippen LogP contribution in [0.25, 0.3) is 0 Å². The zero-order valence-electron chi connectivity index (χ0n) is 29.4. The molecule has 2 rings (SSSR count). The van der Waals surface area contributed by atoms with E-state index < -0.39 is 11.5 Å². The highest BCUT2D eigenvalue weighted by Gasteiger charge is 2.43. The van der Waals surface area contributed by atoms with E-state index in [9.17, 15) is 14.4 Å². The van der Waals surface area contributed by atoms with Crippen molar-refractivity contribution in [3.8, 4) is 0 Å². The Bertz CT molecular complexity index is 1310. The first-order valence-electron chi connectivity index (χ1n) is 17.6. The third-order valence-corrected chi connectivity index (χ3v) is 7.86. The monoisotopic (exact) mass is 655 g/mol. The molecule has 1 atom stereocenters. The number of hydrogen-bond acceptors (Lipinski definition) is 5. The number of ether oxygens (including phenoxy) is 1. The lowest BCUT2D eigenvalue weighted by Gasteiger charge is -2.24. The Morgan fingerprint density at radius 1 is 0.750 bits per heavy atom. The van der Waals surface area contributed by atoms with E-state index in [1.54, 1.807) is 6.92 Å². The fourth-order valence-corrected chi connectivity index (χ4v) is 4.94. The maximum absolute atomic E-state index is 12.7. The van der Waals surface area contributed by atoms with Gasteiger partial charge in [0.25, 0.3) is 5.91 Å². The predicted molar refractivity (Wildman–Crippen MR) is 198 cm³/mol. The van der Waals surface area contributed by atoms with Crippen LogP contribution in [-0.2, 0) is 24.7 Å². The second-order valence-electron chi connectivity index (χ2n) is 11.7. The number of ketones is 1. The fourth-order valence-electron chi connectivity index (χ4n) is 4.94. The van der Waals surface area contributed by atoms with Gasteiger partial charge in [0.15, 0.2) is 11.4 Å². The summed E-state index contributed by atoms with van der Waals surface area (Å²) in [6.45, 7) is 9.25. The average molecular weight is 656 g/mol. The Balaban J connectivity index is 1.48. The molecule has 7 nitrogen and oxygen atoms in total. The van der Waals surface area contributed by atoms with Gasteiger partial charge in [0.1, 0.15) is 0 Å². The van der Waals surface area contributed by atoms with Gasteiger partial charge in [-0.3, -0.25) is 14.4 Å². The number of carbonyl (C=O) groups is 3. The lowest BCUT2D eigenvalue weighted by atomic mass is 9.92. The van der Waals surface area contributed by atoms with Crippen molar-refractivity contribution in [2.45, 2.75) is 84.2 Å². The van der Waals surface area contributed by atoms with Crippen LogP contribution in [-0.4, -0.2) is 55.2 Å². The minimum Gasteiger partial charge on any atom is -0.469 e. The van der Waals surface area contributed by atoms with Gasteiger partial charge < -0.3 is 20.3 Å². The molecular weight excluding hydrogens is 598 g/mol. The normalized spacial score (nSPS) is 16.8. The lowest BCUT2D eigenvalue weighted by molar-refractivity contribution is -0.132. The zero-order valence-corrected chi connectivity index (χ0v) is 29.4. The van der Waals surface area contributed by atoms with E-state index in [1.807, 2.05) is 30.3 Å². The second kappa shape index (κ2) is 24.9. The van der Waals surface area contributed by atoms with Crippen LogP contribution in [0.15, 0.2) is 115 Å². The van der Waals surface area contributed by atoms with Crippen molar-refractivity contribution in [1.82, 2.24) is 15.5 Å². The Hall–Kier alpha value is -4.23. The van der Waals surface area contributed by atoms with Gasteiger partial charge >= 0.3 is 0 Å². The number of amides is 2. The summed E-state index contributed by atoms with van der Waals surface area (Å²) in [6.07, 6.45) is 35.3. The Kier molecular flexibility index (Phi) is 20.7. The van der Waals surface area contributed by atoms with Gasteiger partial charge in [0, 0.05) is 37.7 Å². The second-order valence-corrected chi connectivity index (χ2v) is 11.7. The molecule has 0 bridgehead atoms. The van der Waals surface area contributed by atoms with Crippen molar-refractivity contribution in [2.24, 2.45) is 0 Å². The van der Waals surface area contributed by atoms with E-state index in [2.05, 4.69) is 102 Å². The summed E-state index contributed by atoms with van der Waals surface area (Å²) < 4.78 is 5.82. The van der Waals surface area contributed by atoms with Gasteiger partial charge in [-0.15, -0.1) is 0 Å². The van der Waals surface area contributed by atoms with Crippen molar-refractivity contribution in [3.05, 3.63) is 121 Å². The molecule has 0 aromatic heterocycles. The van der Waals surface area contributed by atoms with Crippen LogP contribution < -0.4 is 10.6 Å². The van der Waals surface area contributed by atoms with E-state index in [0.717, 1.165) is 64.5 Å². The molecule has 1 aromatic carbocycles. The molecule has 0 saturated heterocycles. The summed E-state index contributed by atoms with van der Waals surface area (Å²) in [5.74, 6) is -0.528. The van der Waals surface area contributed by atoms with Crippen LogP contribution in [0.1, 0.15) is 84.1 Å². The highest BCUT2D eigenvalue weighted by molar-refractivity contribution is 6.07. The predicted octanol–water partition coefficient (Wildman–Crippen LogP) is 7.81. The van der Waals surface area contributed by atoms with Gasteiger partial charge in [-0.1, -0.05) is 117 Å². The number of nitrogens with one attached hydrogen (secondary N) is 2.